The third-order valence-electron chi connectivity index (χ3n) is 4.85. The summed E-state index contributed by atoms with van der Waals surface area (Å²) in [5.74, 6) is 0.479. The molecule has 1 aliphatic rings. The van der Waals surface area contributed by atoms with Crippen molar-refractivity contribution in [3.8, 4) is 5.75 Å². The molecule has 0 aliphatic carbocycles. The number of hydrogen-bond donors (Lipinski definition) is 1. The Morgan fingerprint density at radius 1 is 1.19 bits per heavy atom. The number of rotatable bonds is 7. The van der Waals surface area contributed by atoms with Gasteiger partial charge in [0.2, 0.25) is 0 Å². The highest BCUT2D eigenvalue weighted by Gasteiger charge is 2.17. The number of likely N-dealkylation sites (tertiary alicyclic amines) is 1. The van der Waals surface area contributed by atoms with Crippen molar-refractivity contribution >= 4 is 22.6 Å². The molecule has 2 aromatic rings. The van der Waals surface area contributed by atoms with Crippen molar-refractivity contribution in [1.82, 2.24) is 9.88 Å². The van der Waals surface area contributed by atoms with Gasteiger partial charge in [-0.15, -0.1) is 0 Å². The van der Waals surface area contributed by atoms with E-state index in [1.54, 1.807) is 0 Å². The quantitative estimate of drug-likeness (QED) is 0.751. The SMILES string of the molecule is CC(C)Oc1cc(N(C)C)c2cc(C(=O)OCCN3CCCCC3)[nH]c2c1. The minimum Gasteiger partial charge on any atom is -0.491 e. The van der Waals surface area contributed by atoms with E-state index < -0.39 is 0 Å². The van der Waals surface area contributed by atoms with Gasteiger partial charge in [0.25, 0.3) is 0 Å². The van der Waals surface area contributed by atoms with Crippen molar-refractivity contribution < 1.29 is 14.3 Å². The smallest absolute Gasteiger partial charge is 0.354 e. The number of hydrogen-bond acceptors (Lipinski definition) is 5. The molecule has 1 saturated heterocycles. The lowest BCUT2D eigenvalue weighted by atomic mass is 10.1. The molecule has 0 spiro atoms. The van der Waals surface area contributed by atoms with Gasteiger partial charge in [0.15, 0.2) is 0 Å². The molecule has 6 heteroatoms. The van der Waals surface area contributed by atoms with E-state index in [-0.39, 0.29) is 12.1 Å². The molecule has 1 aromatic carbocycles. The van der Waals surface area contributed by atoms with Crippen LogP contribution in [0.5, 0.6) is 5.75 Å². The number of nitrogens with zero attached hydrogens (tertiary/aromatic N) is 2. The Hall–Kier alpha value is -2.21. The first-order valence-corrected chi connectivity index (χ1v) is 9.84. The molecular weight excluding hydrogens is 342 g/mol. The lowest BCUT2D eigenvalue weighted by molar-refractivity contribution is 0.0446. The molecule has 27 heavy (non-hydrogen) atoms. The van der Waals surface area contributed by atoms with Crippen LogP contribution < -0.4 is 9.64 Å². The maximum absolute atomic E-state index is 12.5. The van der Waals surface area contributed by atoms with Crippen molar-refractivity contribution in [1.29, 1.82) is 0 Å². The molecule has 0 atom stereocenters. The zero-order chi connectivity index (χ0) is 19.4. The highest BCUT2D eigenvalue weighted by Crippen LogP contribution is 2.32. The summed E-state index contributed by atoms with van der Waals surface area (Å²) in [6.45, 7) is 7.44. The molecule has 0 unspecified atom stereocenters. The molecule has 1 aliphatic heterocycles. The van der Waals surface area contributed by atoms with Crippen LogP contribution in [0.3, 0.4) is 0 Å². The van der Waals surface area contributed by atoms with Gasteiger partial charge in [-0.2, -0.15) is 0 Å². The van der Waals surface area contributed by atoms with Crippen LogP contribution in [-0.2, 0) is 4.74 Å². The molecule has 0 bridgehead atoms. The molecule has 1 aromatic heterocycles. The zero-order valence-electron chi connectivity index (χ0n) is 16.9. The van der Waals surface area contributed by atoms with Crippen LogP contribution >= 0.6 is 0 Å². The van der Waals surface area contributed by atoms with Crippen molar-refractivity contribution in [2.75, 3.05) is 45.2 Å². The largest absolute Gasteiger partial charge is 0.491 e. The lowest BCUT2D eigenvalue weighted by Gasteiger charge is -2.25. The number of fused-ring (bicyclic) bond motifs is 1. The predicted molar refractivity (Wildman–Crippen MR) is 109 cm³/mol. The number of piperidine rings is 1. The highest BCUT2D eigenvalue weighted by molar-refractivity contribution is 6.00. The molecular formula is C21H31N3O3. The molecule has 1 fully saturated rings. The van der Waals surface area contributed by atoms with Crippen LogP contribution in [0.2, 0.25) is 0 Å². The Morgan fingerprint density at radius 2 is 1.93 bits per heavy atom. The Balaban J connectivity index is 1.72. The maximum atomic E-state index is 12.5. The minimum absolute atomic E-state index is 0.0895. The average molecular weight is 373 g/mol. The number of aromatic amines is 1. The van der Waals surface area contributed by atoms with Crippen LogP contribution in [0.25, 0.3) is 10.9 Å². The number of H-pyrrole nitrogens is 1. The van der Waals surface area contributed by atoms with Gasteiger partial charge in [-0.05, 0) is 45.8 Å². The summed E-state index contributed by atoms with van der Waals surface area (Å²) in [6, 6.07) is 5.81. The number of anilines is 1. The first kappa shape index (κ1) is 19.5. The second kappa shape index (κ2) is 8.65. The monoisotopic (exact) mass is 373 g/mol. The standard InChI is InChI=1S/C21H31N3O3/c1-15(2)27-16-12-18-17(20(13-16)23(3)4)14-19(22-18)21(25)26-11-10-24-8-6-5-7-9-24/h12-15,22H,5-11H2,1-4H3. The molecule has 2 heterocycles. The van der Waals surface area contributed by atoms with Gasteiger partial charge in [0.1, 0.15) is 18.1 Å². The van der Waals surface area contributed by atoms with Crippen molar-refractivity contribution in [2.45, 2.75) is 39.2 Å². The Bertz CT molecular complexity index is 776. The minimum atomic E-state index is -0.306. The number of carbonyl (C=O) groups excluding carboxylic acids is 1. The van der Waals surface area contributed by atoms with E-state index in [4.69, 9.17) is 9.47 Å². The van der Waals surface area contributed by atoms with E-state index >= 15 is 0 Å². The Kier molecular flexibility index (Phi) is 6.26. The Labute approximate surface area is 161 Å². The highest BCUT2D eigenvalue weighted by atomic mass is 16.5. The summed E-state index contributed by atoms with van der Waals surface area (Å²) in [5.41, 5.74) is 2.36. The van der Waals surface area contributed by atoms with Crippen molar-refractivity contribution in [2.24, 2.45) is 0 Å². The summed E-state index contributed by atoms with van der Waals surface area (Å²) < 4.78 is 11.3. The van der Waals surface area contributed by atoms with E-state index in [0.29, 0.717) is 12.3 Å². The second-order valence-corrected chi connectivity index (χ2v) is 7.69. The number of nitrogens with one attached hydrogen (secondary N) is 1. The van der Waals surface area contributed by atoms with Crippen molar-refractivity contribution in [3.05, 3.63) is 23.9 Å². The van der Waals surface area contributed by atoms with E-state index in [0.717, 1.165) is 42.0 Å². The third kappa shape index (κ3) is 4.95. The Morgan fingerprint density at radius 3 is 2.59 bits per heavy atom. The van der Waals surface area contributed by atoms with Crippen LogP contribution in [0.15, 0.2) is 18.2 Å². The van der Waals surface area contributed by atoms with Crippen LogP contribution in [0, 0.1) is 0 Å². The topological polar surface area (TPSA) is 57.8 Å². The maximum Gasteiger partial charge on any atom is 0.354 e. The van der Waals surface area contributed by atoms with Gasteiger partial charge < -0.3 is 19.4 Å². The molecule has 0 amide bonds. The van der Waals surface area contributed by atoms with E-state index in [1.165, 1.54) is 19.3 Å². The second-order valence-electron chi connectivity index (χ2n) is 7.69. The predicted octanol–water partition coefficient (Wildman–Crippen LogP) is 3.66. The fourth-order valence-electron chi connectivity index (χ4n) is 3.54. The summed E-state index contributed by atoms with van der Waals surface area (Å²) >= 11 is 0. The number of benzene rings is 1. The summed E-state index contributed by atoms with van der Waals surface area (Å²) in [5, 5.41) is 0.985. The molecule has 0 saturated carbocycles. The fourth-order valence-corrected chi connectivity index (χ4v) is 3.54. The molecule has 3 rings (SSSR count). The van der Waals surface area contributed by atoms with Crippen LogP contribution in [0.1, 0.15) is 43.6 Å². The van der Waals surface area contributed by atoms with E-state index in [2.05, 4.69) is 9.88 Å². The molecule has 0 radical (unpaired) electrons. The van der Waals surface area contributed by atoms with Crippen molar-refractivity contribution in [3.63, 3.8) is 0 Å². The fraction of sp³-hybridized carbons (Fsp3) is 0.571. The summed E-state index contributed by atoms with van der Waals surface area (Å²) in [4.78, 5) is 20.1. The van der Waals surface area contributed by atoms with E-state index in [1.807, 2.05) is 51.0 Å². The third-order valence-corrected chi connectivity index (χ3v) is 4.85. The summed E-state index contributed by atoms with van der Waals surface area (Å²) in [6.07, 6.45) is 3.88. The van der Waals surface area contributed by atoms with Gasteiger partial charge in [-0.1, -0.05) is 6.42 Å². The van der Waals surface area contributed by atoms with Gasteiger partial charge in [-0.25, -0.2) is 4.79 Å². The normalized spacial score (nSPS) is 15.3. The molecule has 1 N–H and O–H groups in total. The number of esters is 1. The molecule has 6 nitrogen and oxygen atoms in total. The number of aromatic nitrogens is 1. The van der Waals surface area contributed by atoms with Gasteiger partial charge >= 0.3 is 5.97 Å². The first-order valence-electron chi connectivity index (χ1n) is 9.84. The lowest BCUT2D eigenvalue weighted by Crippen LogP contribution is -2.33. The number of ether oxygens (including phenoxy) is 2. The van der Waals surface area contributed by atoms with Gasteiger partial charge in [0.05, 0.1) is 11.6 Å². The first-order chi connectivity index (χ1) is 12.9. The summed E-state index contributed by atoms with van der Waals surface area (Å²) in [7, 11) is 3.97. The molecule has 148 valence electrons. The van der Waals surface area contributed by atoms with Crippen LogP contribution in [-0.4, -0.2) is 62.3 Å². The van der Waals surface area contributed by atoms with E-state index in [9.17, 15) is 4.79 Å². The van der Waals surface area contributed by atoms with Crippen LogP contribution in [0.4, 0.5) is 5.69 Å². The number of carbonyl (C=O) groups is 1. The average Bonchev–Trinajstić information content (AvgIpc) is 3.05. The zero-order valence-corrected chi connectivity index (χ0v) is 16.9. The van der Waals surface area contributed by atoms with Gasteiger partial charge in [-0.3, -0.25) is 4.90 Å². The van der Waals surface area contributed by atoms with Gasteiger partial charge in [0, 0.05) is 43.8 Å².